The lowest BCUT2D eigenvalue weighted by molar-refractivity contribution is 0.142. The molecule has 0 aliphatic heterocycles. The van der Waals surface area contributed by atoms with Gasteiger partial charge in [-0.1, -0.05) is 0 Å². The average Bonchev–Trinajstić information content (AvgIpc) is 2.17. The number of hydrogen-bond donors (Lipinski definition) is 2. The monoisotopic (exact) mass is 203 g/mol. The molecule has 0 heterocycles. The second-order valence-electron chi connectivity index (χ2n) is 2.70. The van der Waals surface area contributed by atoms with Crippen LogP contribution in [-0.2, 0) is 6.54 Å². The Morgan fingerprint density at radius 3 is 2.71 bits per heavy atom. The number of hydroxylamine groups is 1. The maximum absolute atomic E-state index is 12.4. The van der Waals surface area contributed by atoms with Crippen LogP contribution in [0.2, 0.25) is 0 Å². The highest BCUT2D eigenvalue weighted by Crippen LogP contribution is 2.26. The maximum Gasteiger partial charge on any atom is 0.264 e. The maximum atomic E-state index is 12.4. The Morgan fingerprint density at radius 2 is 2.21 bits per heavy atom. The van der Waals surface area contributed by atoms with Gasteiger partial charge in [-0.05, 0) is 23.8 Å². The molecule has 0 unspecified atom stereocenters. The number of methoxy groups -OCH3 is 1. The highest BCUT2D eigenvalue weighted by Gasteiger charge is 2.13. The van der Waals surface area contributed by atoms with E-state index in [0.717, 1.165) is 0 Å². The molecule has 2 N–H and O–H groups in total. The summed E-state index contributed by atoms with van der Waals surface area (Å²) in [6, 6.07) is 4.21. The molecular weight excluding hydrogens is 192 g/mol. The highest BCUT2D eigenvalue weighted by atomic mass is 19.3. The van der Waals surface area contributed by atoms with Crippen LogP contribution >= 0.6 is 0 Å². The van der Waals surface area contributed by atoms with Gasteiger partial charge < -0.3 is 9.94 Å². The van der Waals surface area contributed by atoms with Crippen molar-refractivity contribution in [2.45, 2.75) is 13.0 Å². The third kappa shape index (κ3) is 2.40. The fraction of sp³-hybridized carbons (Fsp3) is 0.333. The van der Waals surface area contributed by atoms with E-state index in [1.54, 1.807) is 0 Å². The molecule has 14 heavy (non-hydrogen) atoms. The fourth-order valence-corrected chi connectivity index (χ4v) is 1.16. The molecule has 0 bridgehead atoms. The molecule has 0 radical (unpaired) electrons. The quantitative estimate of drug-likeness (QED) is 0.736. The van der Waals surface area contributed by atoms with Crippen LogP contribution in [0.25, 0.3) is 0 Å². The average molecular weight is 203 g/mol. The van der Waals surface area contributed by atoms with Crippen molar-refractivity contribution < 1.29 is 18.7 Å². The van der Waals surface area contributed by atoms with Crippen molar-refractivity contribution in [1.82, 2.24) is 5.48 Å². The first-order valence-corrected chi connectivity index (χ1v) is 4.01. The summed E-state index contributed by atoms with van der Waals surface area (Å²) >= 11 is 0. The first-order chi connectivity index (χ1) is 6.69. The van der Waals surface area contributed by atoms with E-state index in [2.05, 4.69) is 0 Å². The van der Waals surface area contributed by atoms with E-state index in [1.807, 2.05) is 5.48 Å². The molecule has 0 saturated carbocycles. The summed E-state index contributed by atoms with van der Waals surface area (Å²) in [6.07, 6.45) is -2.55. The summed E-state index contributed by atoms with van der Waals surface area (Å²) in [5.41, 5.74) is 2.06. The zero-order valence-corrected chi connectivity index (χ0v) is 7.63. The second kappa shape index (κ2) is 4.88. The van der Waals surface area contributed by atoms with E-state index in [1.165, 1.54) is 25.3 Å². The first-order valence-electron chi connectivity index (χ1n) is 4.01. The van der Waals surface area contributed by atoms with Gasteiger partial charge >= 0.3 is 0 Å². The predicted molar refractivity (Wildman–Crippen MR) is 46.6 cm³/mol. The molecule has 0 amide bonds. The van der Waals surface area contributed by atoms with E-state index >= 15 is 0 Å². The van der Waals surface area contributed by atoms with Crippen molar-refractivity contribution in [3.8, 4) is 5.75 Å². The number of hydrogen-bond acceptors (Lipinski definition) is 3. The van der Waals surface area contributed by atoms with Crippen LogP contribution in [0.15, 0.2) is 18.2 Å². The Labute approximate surface area is 80.3 Å². The molecule has 0 aliphatic rings. The Kier molecular flexibility index (Phi) is 3.79. The third-order valence-electron chi connectivity index (χ3n) is 1.85. The third-order valence-corrected chi connectivity index (χ3v) is 1.85. The summed E-state index contributed by atoms with van der Waals surface area (Å²) in [6.45, 7) is -0.0309. The summed E-state index contributed by atoms with van der Waals surface area (Å²) in [4.78, 5) is 0. The predicted octanol–water partition coefficient (Wildman–Crippen LogP) is 2.11. The normalized spacial score (nSPS) is 10.6. The Morgan fingerprint density at radius 1 is 1.50 bits per heavy atom. The van der Waals surface area contributed by atoms with Gasteiger partial charge in [0.2, 0.25) is 0 Å². The van der Waals surface area contributed by atoms with Crippen molar-refractivity contribution in [3.05, 3.63) is 29.3 Å². The Bertz CT molecular complexity index is 305. The van der Waals surface area contributed by atoms with E-state index in [4.69, 9.17) is 9.94 Å². The van der Waals surface area contributed by atoms with Crippen LogP contribution in [0.5, 0.6) is 5.75 Å². The van der Waals surface area contributed by atoms with Crippen LogP contribution in [-0.4, -0.2) is 12.3 Å². The van der Waals surface area contributed by atoms with Crippen molar-refractivity contribution in [2.75, 3.05) is 7.11 Å². The number of benzene rings is 1. The van der Waals surface area contributed by atoms with E-state index in [0.29, 0.717) is 11.3 Å². The molecule has 1 rings (SSSR count). The first kappa shape index (κ1) is 10.9. The molecule has 0 aromatic heterocycles. The molecule has 1 aromatic rings. The van der Waals surface area contributed by atoms with Gasteiger partial charge in [-0.15, -0.1) is 0 Å². The van der Waals surface area contributed by atoms with Crippen LogP contribution in [0, 0.1) is 0 Å². The molecule has 0 saturated heterocycles. The minimum atomic E-state index is -2.55. The minimum absolute atomic E-state index is 0.0309. The number of ether oxygens (including phenoxy) is 1. The SMILES string of the molecule is COc1ccc(C(F)F)c(CNO)c1. The largest absolute Gasteiger partial charge is 0.497 e. The summed E-state index contributed by atoms with van der Waals surface area (Å²) < 4.78 is 29.8. The smallest absolute Gasteiger partial charge is 0.264 e. The standard InChI is InChI=1S/C9H11F2NO2/c1-14-7-2-3-8(9(10)11)6(4-7)5-12-13/h2-4,9,12-13H,5H2,1H3. The van der Waals surface area contributed by atoms with Gasteiger partial charge in [-0.2, -0.15) is 0 Å². The Balaban J connectivity index is 3.03. The minimum Gasteiger partial charge on any atom is -0.497 e. The van der Waals surface area contributed by atoms with Crippen molar-refractivity contribution in [2.24, 2.45) is 0 Å². The summed E-state index contributed by atoms with van der Waals surface area (Å²) in [7, 11) is 1.45. The number of rotatable bonds is 4. The molecule has 0 aliphatic carbocycles. The molecule has 1 aromatic carbocycles. The number of halogens is 2. The zero-order valence-electron chi connectivity index (χ0n) is 7.63. The van der Waals surface area contributed by atoms with Crippen LogP contribution in [0.3, 0.4) is 0 Å². The molecule has 5 heteroatoms. The van der Waals surface area contributed by atoms with Gasteiger partial charge in [0, 0.05) is 12.1 Å². The zero-order chi connectivity index (χ0) is 10.6. The summed E-state index contributed by atoms with van der Waals surface area (Å²) in [5.74, 6) is 0.486. The molecular formula is C9H11F2NO2. The van der Waals surface area contributed by atoms with Crippen LogP contribution < -0.4 is 10.2 Å². The Hall–Kier alpha value is -1.20. The van der Waals surface area contributed by atoms with E-state index in [9.17, 15) is 8.78 Å². The van der Waals surface area contributed by atoms with Crippen molar-refractivity contribution in [3.63, 3.8) is 0 Å². The topological polar surface area (TPSA) is 41.5 Å². The lowest BCUT2D eigenvalue weighted by atomic mass is 10.1. The molecule has 0 atom stereocenters. The van der Waals surface area contributed by atoms with Gasteiger partial charge in [-0.25, -0.2) is 14.3 Å². The van der Waals surface area contributed by atoms with Crippen LogP contribution in [0.1, 0.15) is 17.6 Å². The van der Waals surface area contributed by atoms with E-state index in [-0.39, 0.29) is 12.1 Å². The van der Waals surface area contributed by atoms with Gasteiger partial charge in [-0.3, -0.25) is 0 Å². The molecule has 0 spiro atoms. The molecule has 3 nitrogen and oxygen atoms in total. The summed E-state index contributed by atoms with van der Waals surface area (Å²) in [5, 5.41) is 8.45. The van der Waals surface area contributed by atoms with Gasteiger partial charge in [0.25, 0.3) is 6.43 Å². The molecule has 78 valence electrons. The lowest BCUT2D eigenvalue weighted by Gasteiger charge is -2.09. The second-order valence-corrected chi connectivity index (χ2v) is 2.70. The highest BCUT2D eigenvalue weighted by molar-refractivity contribution is 5.36. The number of alkyl halides is 2. The lowest BCUT2D eigenvalue weighted by Crippen LogP contribution is -2.09. The number of nitrogens with one attached hydrogen (secondary N) is 1. The van der Waals surface area contributed by atoms with Crippen molar-refractivity contribution >= 4 is 0 Å². The van der Waals surface area contributed by atoms with Gasteiger partial charge in [0.15, 0.2) is 0 Å². The van der Waals surface area contributed by atoms with Gasteiger partial charge in [0.05, 0.1) is 7.11 Å². The van der Waals surface area contributed by atoms with E-state index < -0.39 is 6.43 Å². The van der Waals surface area contributed by atoms with Crippen LogP contribution in [0.4, 0.5) is 8.78 Å². The van der Waals surface area contributed by atoms with Gasteiger partial charge in [0.1, 0.15) is 5.75 Å². The molecule has 0 fully saturated rings. The van der Waals surface area contributed by atoms with Crippen molar-refractivity contribution in [1.29, 1.82) is 0 Å². The fourth-order valence-electron chi connectivity index (χ4n) is 1.16.